The molecule has 1 rings (SSSR count). The van der Waals surface area contributed by atoms with Crippen LogP contribution in [0.4, 0.5) is 4.79 Å². The third kappa shape index (κ3) is 3.35. The maximum atomic E-state index is 11.3. The van der Waals surface area contributed by atoms with Gasteiger partial charge in [-0.3, -0.25) is 0 Å². The highest BCUT2D eigenvalue weighted by Crippen LogP contribution is 2.13. The molecule has 4 nitrogen and oxygen atoms in total. The van der Waals surface area contributed by atoms with Gasteiger partial charge >= 0.3 is 6.03 Å². The quantitative estimate of drug-likeness (QED) is 0.710. The van der Waals surface area contributed by atoms with Crippen molar-refractivity contribution in [2.45, 2.75) is 18.9 Å². The number of rotatable bonds is 1. The van der Waals surface area contributed by atoms with Crippen LogP contribution in [-0.2, 0) is 0 Å². The van der Waals surface area contributed by atoms with Gasteiger partial charge in [-0.1, -0.05) is 0 Å². The fourth-order valence-corrected chi connectivity index (χ4v) is 1.72. The van der Waals surface area contributed by atoms with Crippen LogP contribution >= 0.6 is 12.4 Å². The van der Waals surface area contributed by atoms with Crippen molar-refractivity contribution in [2.75, 3.05) is 34.2 Å². The summed E-state index contributed by atoms with van der Waals surface area (Å²) < 4.78 is 0. The molecule has 14 heavy (non-hydrogen) atoms. The van der Waals surface area contributed by atoms with Crippen LogP contribution in [0.3, 0.4) is 0 Å². The molecule has 1 aliphatic heterocycles. The van der Waals surface area contributed by atoms with Gasteiger partial charge in [-0.05, 0) is 33.0 Å². The second-order valence-electron chi connectivity index (χ2n) is 3.70. The molecule has 0 aromatic heterocycles. The number of hydrogen-bond acceptors (Lipinski definition) is 2. The standard InChI is InChI=1S/C9H19N3O.ClH/c1-10-9(13)12(3)8-4-6-11(2)7-5-8;/h8H,4-7H2,1-3H3,(H,10,13);1H. The molecule has 5 heteroatoms. The Morgan fingerprint density at radius 2 is 1.93 bits per heavy atom. The summed E-state index contributed by atoms with van der Waals surface area (Å²) in [5.74, 6) is 0. The summed E-state index contributed by atoms with van der Waals surface area (Å²) >= 11 is 0. The van der Waals surface area contributed by atoms with E-state index in [0.717, 1.165) is 25.9 Å². The van der Waals surface area contributed by atoms with Gasteiger partial charge in [0.05, 0.1) is 0 Å². The lowest BCUT2D eigenvalue weighted by molar-refractivity contribution is 0.149. The van der Waals surface area contributed by atoms with Gasteiger partial charge < -0.3 is 15.1 Å². The van der Waals surface area contributed by atoms with E-state index in [2.05, 4.69) is 17.3 Å². The molecule has 1 aliphatic rings. The maximum Gasteiger partial charge on any atom is 0.317 e. The molecule has 0 unspecified atom stereocenters. The Kier molecular flexibility index (Phi) is 5.88. The summed E-state index contributed by atoms with van der Waals surface area (Å²) in [6.07, 6.45) is 2.17. The zero-order chi connectivity index (χ0) is 9.84. The molecular formula is C9H20ClN3O. The third-order valence-electron chi connectivity index (χ3n) is 2.77. The van der Waals surface area contributed by atoms with Gasteiger partial charge in [-0.25, -0.2) is 4.79 Å². The number of nitrogens with one attached hydrogen (secondary N) is 1. The van der Waals surface area contributed by atoms with Gasteiger partial charge in [0, 0.05) is 20.1 Å². The smallest absolute Gasteiger partial charge is 0.317 e. The van der Waals surface area contributed by atoms with Crippen LogP contribution in [0.25, 0.3) is 0 Å². The Bertz CT molecular complexity index is 181. The molecule has 0 saturated carbocycles. The van der Waals surface area contributed by atoms with E-state index in [1.54, 1.807) is 7.05 Å². The fourth-order valence-electron chi connectivity index (χ4n) is 1.72. The average Bonchev–Trinajstić information content (AvgIpc) is 2.17. The molecule has 1 fully saturated rings. The molecule has 0 aliphatic carbocycles. The summed E-state index contributed by atoms with van der Waals surface area (Å²) in [6, 6.07) is 0.436. The SMILES string of the molecule is CNC(=O)N(C)C1CCN(C)CC1.Cl. The summed E-state index contributed by atoms with van der Waals surface area (Å²) in [7, 11) is 5.67. The zero-order valence-corrected chi connectivity index (χ0v) is 9.93. The second-order valence-corrected chi connectivity index (χ2v) is 3.70. The van der Waals surface area contributed by atoms with Crippen molar-refractivity contribution in [3.05, 3.63) is 0 Å². The van der Waals surface area contributed by atoms with Gasteiger partial charge in [0.25, 0.3) is 0 Å². The molecule has 0 atom stereocenters. The van der Waals surface area contributed by atoms with Gasteiger partial charge in [0.2, 0.25) is 0 Å². The first-order valence-electron chi connectivity index (χ1n) is 4.78. The average molecular weight is 222 g/mol. The highest BCUT2D eigenvalue weighted by Gasteiger charge is 2.22. The number of urea groups is 1. The van der Waals surface area contributed by atoms with E-state index < -0.39 is 0 Å². The summed E-state index contributed by atoms with van der Waals surface area (Å²) in [4.78, 5) is 15.4. The normalized spacial score (nSPS) is 18.5. The number of amides is 2. The van der Waals surface area contributed by atoms with Crippen LogP contribution in [0, 0.1) is 0 Å². The third-order valence-corrected chi connectivity index (χ3v) is 2.77. The van der Waals surface area contributed by atoms with Gasteiger partial charge in [0.15, 0.2) is 0 Å². The minimum absolute atomic E-state index is 0. The highest BCUT2D eigenvalue weighted by atomic mass is 35.5. The molecule has 1 heterocycles. The van der Waals surface area contributed by atoms with E-state index in [1.807, 2.05) is 11.9 Å². The Balaban J connectivity index is 0.00000169. The number of piperidine rings is 1. The maximum absolute atomic E-state index is 11.3. The largest absolute Gasteiger partial charge is 0.341 e. The van der Waals surface area contributed by atoms with Crippen LogP contribution in [0.2, 0.25) is 0 Å². The van der Waals surface area contributed by atoms with E-state index in [0.29, 0.717) is 6.04 Å². The molecule has 0 aromatic rings. The van der Waals surface area contributed by atoms with Crippen molar-refractivity contribution in [1.82, 2.24) is 15.1 Å². The molecule has 2 amide bonds. The molecule has 0 aromatic carbocycles. The number of nitrogens with zero attached hydrogens (tertiary/aromatic N) is 2. The number of carbonyl (C=O) groups is 1. The van der Waals surface area contributed by atoms with Crippen LogP contribution in [-0.4, -0.2) is 56.1 Å². The zero-order valence-electron chi connectivity index (χ0n) is 9.12. The van der Waals surface area contributed by atoms with E-state index >= 15 is 0 Å². The molecular weight excluding hydrogens is 202 g/mol. The second kappa shape index (κ2) is 6.09. The molecule has 1 N–H and O–H groups in total. The predicted octanol–water partition coefficient (Wildman–Crippen LogP) is 0.774. The topological polar surface area (TPSA) is 35.6 Å². The number of halogens is 1. The van der Waals surface area contributed by atoms with E-state index in [-0.39, 0.29) is 18.4 Å². The minimum Gasteiger partial charge on any atom is -0.341 e. The van der Waals surface area contributed by atoms with Crippen LogP contribution < -0.4 is 5.32 Å². The first-order valence-corrected chi connectivity index (χ1v) is 4.78. The number of carbonyl (C=O) groups excluding carboxylic acids is 1. The van der Waals surface area contributed by atoms with Crippen LogP contribution in [0.1, 0.15) is 12.8 Å². The summed E-state index contributed by atoms with van der Waals surface area (Å²) in [5.41, 5.74) is 0. The monoisotopic (exact) mass is 221 g/mol. The van der Waals surface area contributed by atoms with Gasteiger partial charge in [-0.2, -0.15) is 0 Å². The lowest BCUT2D eigenvalue weighted by Crippen LogP contribution is -2.47. The number of likely N-dealkylation sites (tertiary alicyclic amines) is 1. The molecule has 0 spiro atoms. The van der Waals surface area contributed by atoms with E-state index in [9.17, 15) is 4.79 Å². The summed E-state index contributed by atoms with van der Waals surface area (Å²) in [6.45, 7) is 2.18. The Morgan fingerprint density at radius 3 is 2.36 bits per heavy atom. The lowest BCUT2D eigenvalue weighted by Gasteiger charge is -2.34. The van der Waals surface area contributed by atoms with Gasteiger partial charge in [-0.15, -0.1) is 12.4 Å². The van der Waals surface area contributed by atoms with E-state index in [4.69, 9.17) is 0 Å². The Morgan fingerprint density at radius 1 is 1.43 bits per heavy atom. The van der Waals surface area contributed by atoms with Crippen molar-refractivity contribution in [1.29, 1.82) is 0 Å². The van der Waals surface area contributed by atoms with Crippen molar-refractivity contribution < 1.29 is 4.79 Å². The molecule has 84 valence electrons. The van der Waals surface area contributed by atoms with Crippen LogP contribution in [0.15, 0.2) is 0 Å². The van der Waals surface area contributed by atoms with Crippen molar-refractivity contribution >= 4 is 18.4 Å². The molecule has 0 bridgehead atoms. The fraction of sp³-hybridized carbons (Fsp3) is 0.889. The van der Waals surface area contributed by atoms with E-state index in [1.165, 1.54) is 0 Å². The Labute approximate surface area is 92.0 Å². The first-order chi connectivity index (χ1) is 6.15. The number of hydrogen-bond donors (Lipinski definition) is 1. The summed E-state index contributed by atoms with van der Waals surface area (Å²) in [5, 5.41) is 2.65. The van der Waals surface area contributed by atoms with Crippen molar-refractivity contribution in [3.63, 3.8) is 0 Å². The molecule has 1 saturated heterocycles. The van der Waals surface area contributed by atoms with Crippen LogP contribution in [0.5, 0.6) is 0 Å². The van der Waals surface area contributed by atoms with Crippen molar-refractivity contribution in [3.8, 4) is 0 Å². The Hall–Kier alpha value is -0.480. The minimum atomic E-state index is 0. The molecule has 0 radical (unpaired) electrons. The first kappa shape index (κ1) is 13.5. The lowest BCUT2D eigenvalue weighted by atomic mass is 10.0. The predicted molar refractivity (Wildman–Crippen MR) is 60.0 cm³/mol. The highest BCUT2D eigenvalue weighted by molar-refractivity contribution is 5.85. The van der Waals surface area contributed by atoms with Crippen molar-refractivity contribution in [2.24, 2.45) is 0 Å². The van der Waals surface area contributed by atoms with Gasteiger partial charge in [0.1, 0.15) is 0 Å².